The van der Waals surface area contributed by atoms with E-state index in [0.29, 0.717) is 29.6 Å². The maximum absolute atomic E-state index is 13.6. The van der Waals surface area contributed by atoms with Crippen LogP contribution in [-0.2, 0) is 16.1 Å². The first-order valence-electron chi connectivity index (χ1n) is 13.6. The number of rotatable bonds is 7. The molecule has 2 fully saturated rings. The number of carbonyl (C=O) groups is 2. The second-order valence-corrected chi connectivity index (χ2v) is 11.7. The summed E-state index contributed by atoms with van der Waals surface area (Å²) in [4.78, 5) is 49.2. The van der Waals surface area contributed by atoms with Crippen LogP contribution in [0.1, 0.15) is 59.8 Å². The third-order valence-corrected chi connectivity index (χ3v) is 7.58. The maximum atomic E-state index is 13.6. The van der Waals surface area contributed by atoms with Crippen LogP contribution in [-0.4, -0.2) is 47.9 Å². The van der Waals surface area contributed by atoms with Crippen LogP contribution >= 0.6 is 0 Å². The number of hydrogen-bond acceptors (Lipinski definition) is 6. The van der Waals surface area contributed by atoms with Gasteiger partial charge in [-0.25, -0.2) is 19.2 Å². The fourth-order valence-corrected chi connectivity index (χ4v) is 5.62. The lowest BCUT2D eigenvalue weighted by molar-refractivity contribution is -0.144. The number of nitrogens with one attached hydrogen (secondary N) is 1. The van der Waals surface area contributed by atoms with Crippen molar-refractivity contribution < 1.29 is 14.0 Å². The molecule has 3 heterocycles. The molecule has 2 amide bonds. The number of hydrogen-bond donors (Lipinski definition) is 1. The van der Waals surface area contributed by atoms with Crippen LogP contribution in [0.3, 0.4) is 0 Å². The zero-order valence-electron chi connectivity index (χ0n) is 22.9. The molecule has 0 bridgehead atoms. The first-order chi connectivity index (χ1) is 18.5. The minimum absolute atomic E-state index is 0.0667. The van der Waals surface area contributed by atoms with Crippen molar-refractivity contribution in [2.45, 2.75) is 78.4 Å². The van der Waals surface area contributed by atoms with E-state index in [0.717, 1.165) is 25.7 Å². The van der Waals surface area contributed by atoms with E-state index in [1.54, 1.807) is 39.7 Å². The molecule has 39 heavy (non-hydrogen) atoms. The first-order valence-corrected chi connectivity index (χ1v) is 13.6. The van der Waals surface area contributed by atoms with Crippen molar-refractivity contribution >= 4 is 17.8 Å². The summed E-state index contributed by atoms with van der Waals surface area (Å²) in [6, 6.07) is 7.61. The van der Waals surface area contributed by atoms with Gasteiger partial charge in [-0.2, -0.15) is 0 Å². The second-order valence-electron chi connectivity index (χ2n) is 11.7. The zero-order valence-corrected chi connectivity index (χ0v) is 22.9. The highest BCUT2D eigenvalue weighted by Gasteiger charge is 2.48. The maximum Gasteiger partial charge on any atom is 0.333 e. The van der Waals surface area contributed by atoms with Gasteiger partial charge in [-0.1, -0.05) is 27.7 Å². The van der Waals surface area contributed by atoms with Crippen molar-refractivity contribution in [1.82, 2.24) is 24.0 Å². The van der Waals surface area contributed by atoms with Gasteiger partial charge < -0.3 is 5.32 Å². The third-order valence-electron chi connectivity index (χ3n) is 7.58. The van der Waals surface area contributed by atoms with Crippen LogP contribution in [0.2, 0.25) is 0 Å². The Bertz CT molecular complexity index is 1430. The average molecular weight is 535 g/mol. The van der Waals surface area contributed by atoms with E-state index in [1.165, 1.54) is 17.0 Å². The van der Waals surface area contributed by atoms with Crippen LogP contribution in [0.15, 0.2) is 47.5 Å². The van der Waals surface area contributed by atoms with E-state index in [-0.39, 0.29) is 47.7 Å². The van der Waals surface area contributed by atoms with Crippen molar-refractivity contribution in [3.8, 4) is 17.1 Å². The van der Waals surface area contributed by atoms with Gasteiger partial charge in [0, 0.05) is 37.4 Å². The number of benzene rings is 1. The number of likely N-dealkylation sites (tertiary alicyclic amines) is 1. The van der Waals surface area contributed by atoms with Gasteiger partial charge in [-0.05, 0) is 61.9 Å². The predicted octanol–water partition coefficient (Wildman–Crippen LogP) is 4.40. The minimum atomic E-state index is -0.622. The van der Waals surface area contributed by atoms with Crippen LogP contribution in [0.5, 0.6) is 0 Å². The number of imidazole rings is 1. The Morgan fingerprint density at radius 1 is 1.05 bits per heavy atom. The van der Waals surface area contributed by atoms with Crippen molar-refractivity contribution in [3.05, 3.63) is 59.0 Å². The Labute approximate surface area is 227 Å². The molecule has 1 aliphatic carbocycles. The van der Waals surface area contributed by atoms with Gasteiger partial charge in [0.2, 0.25) is 17.8 Å². The normalized spacial score (nSPS) is 21.1. The van der Waals surface area contributed by atoms with Crippen LogP contribution in [0.25, 0.3) is 17.1 Å². The third kappa shape index (κ3) is 5.37. The Kier molecular flexibility index (Phi) is 7.13. The smallest absolute Gasteiger partial charge is 0.333 e. The van der Waals surface area contributed by atoms with Crippen LogP contribution in [0, 0.1) is 17.2 Å². The van der Waals surface area contributed by atoms with E-state index in [1.807, 2.05) is 27.7 Å². The molecule has 1 saturated heterocycles. The summed E-state index contributed by atoms with van der Waals surface area (Å²) in [7, 11) is 0. The van der Waals surface area contributed by atoms with E-state index in [2.05, 4.69) is 10.3 Å². The summed E-state index contributed by atoms with van der Waals surface area (Å²) >= 11 is 0. The summed E-state index contributed by atoms with van der Waals surface area (Å²) in [6.45, 7) is 8.28. The summed E-state index contributed by atoms with van der Waals surface area (Å²) < 4.78 is 16.8. The Morgan fingerprint density at radius 2 is 1.74 bits per heavy atom. The molecule has 1 aromatic carbocycles. The number of aromatic nitrogens is 4. The van der Waals surface area contributed by atoms with Crippen molar-refractivity contribution in [2.24, 2.45) is 11.3 Å². The summed E-state index contributed by atoms with van der Waals surface area (Å²) in [5.74, 6) is 0.181. The molecule has 0 unspecified atom stereocenters. The Hall–Kier alpha value is -3.82. The number of nitrogens with zero attached hydrogens (tertiary/aromatic N) is 5. The monoisotopic (exact) mass is 534 g/mol. The van der Waals surface area contributed by atoms with E-state index < -0.39 is 5.41 Å². The molecular weight excluding hydrogens is 499 g/mol. The van der Waals surface area contributed by atoms with Crippen molar-refractivity contribution in [1.29, 1.82) is 0 Å². The molecule has 0 spiro atoms. The van der Waals surface area contributed by atoms with E-state index in [4.69, 9.17) is 4.98 Å². The molecule has 1 saturated carbocycles. The van der Waals surface area contributed by atoms with Gasteiger partial charge in [-0.15, -0.1) is 0 Å². The SMILES string of the molecule is CC(C)Cn1cc(-c2ccnc(NC3CCC(N4C(=O)CC(C)(C)C4=O)CC3)n2)n(-c2ccc(F)cc2)c1=O. The number of anilines is 1. The highest BCUT2D eigenvalue weighted by Crippen LogP contribution is 2.36. The second kappa shape index (κ2) is 10.4. The van der Waals surface area contributed by atoms with Gasteiger partial charge >= 0.3 is 5.69 Å². The topological polar surface area (TPSA) is 102 Å². The molecule has 2 aliphatic rings. The number of imide groups is 1. The zero-order chi connectivity index (χ0) is 27.9. The molecule has 1 aliphatic heterocycles. The van der Waals surface area contributed by atoms with Crippen molar-refractivity contribution in [3.63, 3.8) is 0 Å². The van der Waals surface area contributed by atoms with Crippen LogP contribution < -0.4 is 11.0 Å². The number of carbonyl (C=O) groups excluding carboxylic acids is 2. The van der Waals surface area contributed by atoms with Gasteiger partial charge in [0.05, 0.1) is 22.5 Å². The molecule has 5 rings (SSSR count). The van der Waals surface area contributed by atoms with E-state index in [9.17, 15) is 18.8 Å². The standard InChI is InChI=1S/C29H35FN6O3/c1-18(2)16-34-17-24(35(28(34)39)21-9-5-19(30)6-10-21)23-13-14-31-27(33-23)32-20-7-11-22(12-8-20)36-25(37)15-29(3,4)26(36)38/h5-6,9-10,13-14,17-18,20,22H,7-8,11-12,15-16H2,1-4H3,(H,31,32,33). The lowest BCUT2D eigenvalue weighted by Crippen LogP contribution is -2.45. The van der Waals surface area contributed by atoms with E-state index >= 15 is 0 Å². The lowest BCUT2D eigenvalue weighted by atomic mass is 9.89. The van der Waals surface area contributed by atoms with Gasteiger partial charge in [0.15, 0.2) is 0 Å². The van der Waals surface area contributed by atoms with Crippen LogP contribution in [0.4, 0.5) is 10.3 Å². The van der Waals surface area contributed by atoms with Gasteiger partial charge in [0.1, 0.15) is 5.82 Å². The fourth-order valence-electron chi connectivity index (χ4n) is 5.62. The molecule has 3 aromatic rings. The molecule has 206 valence electrons. The summed E-state index contributed by atoms with van der Waals surface area (Å²) in [5, 5.41) is 3.41. The molecule has 10 heteroatoms. The minimum Gasteiger partial charge on any atom is -0.351 e. The molecular formula is C29H35FN6O3. The largest absolute Gasteiger partial charge is 0.351 e. The Balaban J connectivity index is 1.35. The summed E-state index contributed by atoms with van der Waals surface area (Å²) in [5.41, 5.74) is 0.879. The molecule has 0 radical (unpaired) electrons. The fraction of sp³-hybridized carbons (Fsp3) is 0.483. The number of halogens is 1. The van der Waals surface area contributed by atoms with Gasteiger partial charge in [0.25, 0.3) is 0 Å². The molecule has 0 atom stereocenters. The average Bonchev–Trinajstić information content (AvgIpc) is 3.31. The Morgan fingerprint density at radius 3 is 2.36 bits per heavy atom. The predicted molar refractivity (Wildman–Crippen MR) is 146 cm³/mol. The summed E-state index contributed by atoms with van der Waals surface area (Å²) in [6.07, 6.45) is 6.72. The highest BCUT2D eigenvalue weighted by molar-refractivity contribution is 6.05. The lowest BCUT2D eigenvalue weighted by Gasteiger charge is -2.34. The first kappa shape index (κ1) is 26.8. The molecule has 2 aromatic heterocycles. The van der Waals surface area contributed by atoms with Crippen molar-refractivity contribution in [2.75, 3.05) is 5.32 Å². The molecule has 9 nitrogen and oxygen atoms in total. The number of amides is 2. The quantitative estimate of drug-likeness (QED) is 0.451. The highest BCUT2D eigenvalue weighted by atomic mass is 19.1. The van der Waals surface area contributed by atoms with Gasteiger partial charge in [-0.3, -0.25) is 23.6 Å². The molecule has 1 N–H and O–H groups in total.